The van der Waals surface area contributed by atoms with Crippen molar-refractivity contribution in [3.63, 3.8) is 0 Å². The molecular formula is C14H19N3O2. The Kier molecular flexibility index (Phi) is 3.77. The average molecular weight is 261 g/mol. The number of amides is 1. The van der Waals surface area contributed by atoms with Crippen LogP contribution in [0.3, 0.4) is 0 Å². The summed E-state index contributed by atoms with van der Waals surface area (Å²) in [5, 5.41) is 6.41. The topological polar surface area (TPSA) is 53.6 Å². The van der Waals surface area contributed by atoms with Gasteiger partial charge in [-0.15, -0.1) is 0 Å². The first kappa shape index (κ1) is 12.6. The predicted molar refractivity (Wildman–Crippen MR) is 73.2 cm³/mol. The second-order valence-electron chi connectivity index (χ2n) is 4.88. The molecule has 102 valence electrons. The smallest absolute Gasteiger partial charge is 0.240 e. The third-order valence-electron chi connectivity index (χ3n) is 3.57. The van der Waals surface area contributed by atoms with Crippen LogP contribution in [0.15, 0.2) is 24.3 Å². The van der Waals surface area contributed by atoms with Crippen molar-refractivity contribution < 1.29 is 9.53 Å². The van der Waals surface area contributed by atoms with Gasteiger partial charge in [-0.1, -0.05) is 12.1 Å². The van der Waals surface area contributed by atoms with E-state index in [-0.39, 0.29) is 12.0 Å². The minimum atomic E-state index is 0.0896. The first-order valence-corrected chi connectivity index (χ1v) is 6.78. The van der Waals surface area contributed by atoms with Crippen LogP contribution in [0.5, 0.6) is 0 Å². The van der Waals surface area contributed by atoms with Crippen LogP contribution in [0.4, 0.5) is 5.69 Å². The molecule has 5 nitrogen and oxygen atoms in total. The molecule has 1 amide bonds. The number of carbonyl (C=O) groups is 1. The third kappa shape index (κ3) is 2.78. The molecule has 2 aliphatic heterocycles. The van der Waals surface area contributed by atoms with E-state index in [1.165, 1.54) is 0 Å². The zero-order chi connectivity index (χ0) is 13.1. The van der Waals surface area contributed by atoms with Gasteiger partial charge < -0.3 is 20.3 Å². The van der Waals surface area contributed by atoms with Crippen LogP contribution >= 0.6 is 0 Å². The summed E-state index contributed by atoms with van der Waals surface area (Å²) in [5.41, 5.74) is 2.11. The van der Waals surface area contributed by atoms with Gasteiger partial charge in [-0.25, -0.2) is 0 Å². The van der Waals surface area contributed by atoms with Crippen LogP contribution in [0.25, 0.3) is 0 Å². The number of nitrogens with zero attached hydrogens (tertiary/aromatic N) is 1. The molecule has 1 aromatic rings. The maximum absolute atomic E-state index is 11.9. The lowest BCUT2D eigenvalue weighted by molar-refractivity contribution is -0.118. The van der Waals surface area contributed by atoms with Crippen LogP contribution in [-0.4, -0.2) is 45.2 Å². The molecule has 1 unspecified atom stereocenters. The van der Waals surface area contributed by atoms with Gasteiger partial charge in [-0.2, -0.15) is 0 Å². The third-order valence-corrected chi connectivity index (χ3v) is 3.57. The Hall–Kier alpha value is -1.43. The maximum atomic E-state index is 11.9. The van der Waals surface area contributed by atoms with E-state index in [0.29, 0.717) is 6.54 Å². The Morgan fingerprint density at radius 2 is 2.21 bits per heavy atom. The molecule has 2 heterocycles. The Labute approximate surface area is 112 Å². The van der Waals surface area contributed by atoms with E-state index in [1.807, 2.05) is 17.0 Å². The second-order valence-corrected chi connectivity index (χ2v) is 4.88. The van der Waals surface area contributed by atoms with Gasteiger partial charge in [0.1, 0.15) is 0 Å². The van der Waals surface area contributed by atoms with Crippen LogP contribution in [0.1, 0.15) is 11.7 Å². The number of piperazine rings is 1. The Bertz CT molecular complexity index is 458. The van der Waals surface area contributed by atoms with Gasteiger partial charge in [-0.3, -0.25) is 4.79 Å². The summed E-state index contributed by atoms with van der Waals surface area (Å²) in [6, 6.07) is 8.12. The van der Waals surface area contributed by atoms with Crippen LogP contribution in [0.2, 0.25) is 0 Å². The lowest BCUT2D eigenvalue weighted by Crippen LogP contribution is -2.48. The van der Waals surface area contributed by atoms with E-state index in [1.54, 1.807) is 0 Å². The number of hydrogen-bond acceptors (Lipinski definition) is 4. The number of carbonyl (C=O) groups excluding carboxylic acids is 1. The molecule has 19 heavy (non-hydrogen) atoms. The van der Waals surface area contributed by atoms with Crippen molar-refractivity contribution in [1.29, 1.82) is 0 Å². The van der Waals surface area contributed by atoms with Crippen molar-refractivity contribution >= 4 is 11.6 Å². The summed E-state index contributed by atoms with van der Waals surface area (Å²) in [4.78, 5) is 13.7. The minimum Gasteiger partial charge on any atom is -0.371 e. The molecule has 1 aromatic carbocycles. The molecule has 1 atom stereocenters. The van der Waals surface area contributed by atoms with Crippen molar-refractivity contribution in [2.45, 2.75) is 6.10 Å². The monoisotopic (exact) mass is 261 g/mol. The van der Waals surface area contributed by atoms with Crippen molar-refractivity contribution in [1.82, 2.24) is 10.6 Å². The SMILES string of the molecule is O=C1CNCCN1c1cccc(C2CNCCO2)c1. The van der Waals surface area contributed by atoms with Gasteiger partial charge >= 0.3 is 0 Å². The lowest BCUT2D eigenvalue weighted by atomic mass is 10.1. The van der Waals surface area contributed by atoms with Crippen molar-refractivity contribution in [3.8, 4) is 0 Å². The molecule has 0 saturated carbocycles. The molecule has 0 aromatic heterocycles. The Morgan fingerprint density at radius 1 is 1.26 bits per heavy atom. The molecule has 2 fully saturated rings. The molecule has 2 aliphatic rings. The molecule has 0 aliphatic carbocycles. The molecule has 2 saturated heterocycles. The zero-order valence-corrected chi connectivity index (χ0v) is 10.9. The molecule has 5 heteroatoms. The largest absolute Gasteiger partial charge is 0.371 e. The number of morpholine rings is 1. The summed E-state index contributed by atoms with van der Waals surface area (Å²) in [6.45, 7) is 4.47. The first-order valence-electron chi connectivity index (χ1n) is 6.78. The summed E-state index contributed by atoms with van der Waals surface area (Å²) in [6.07, 6.45) is 0.0896. The highest BCUT2D eigenvalue weighted by atomic mass is 16.5. The molecule has 0 bridgehead atoms. The second kappa shape index (κ2) is 5.69. The molecule has 0 radical (unpaired) electrons. The highest BCUT2D eigenvalue weighted by Crippen LogP contribution is 2.24. The fourth-order valence-electron chi connectivity index (χ4n) is 2.55. The molecule has 0 spiro atoms. The van der Waals surface area contributed by atoms with Gasteiger partial charge in [0.15, 0.2) is 0 Å². The van der Waals surface area contributed by atoms with E-state index in [9.17, 15) is 4.79 Å². The summed E-state index contributed by atoms with van der Waals surface area (Å²) in [5.74, 6) is 0.131. The van der Waals surface area contributed by atoms with E-state index < -0.39 is 0 Å². The Balaban J connectivity index is 1.80. The highest BCUT2D eigenvalue weighted by molar-refractivity contribution is 5.95. The standard InChI is InChI=1S/C14H19N3O2/c18-14-10-15-4-6-17(14)12-3-1-2-11(8-12)13-9-16-5-7-19-13/h1-3,8,13,15-16H,4-7,9-10H2. The van der Waals surface area contributed by atoms with Gasteiger partial charge in [0.2, 0.25) is 5.91 Å². The van der Waals surface area contributed by atoms with E-state index >= 15 is 0 Å². The number of benzene rings is 1. The predicted octanol–water partition coefficient (Wildman–Crippen LogP) is 0.284. The highest BCUT2D eigenvalue weighted by Gasteiger charge is 2.21. The van der Waals surface area contributed by atoms with Gasteiger partial charge in [0.25, 0.3) is 0 Å². The molecule has 3 rings (SSSR count). The van der Waals surface area contributed by atoms with Gasteiger partial charge in [-0.05, 0) is 17.7 Å². The van der Waals surface area contributed by atoms with Crippen LogP contribution in [-0.2, 0) is 9.53 Å². The van der Waals surface area contributed by atoms with E-state index in [2.05, 4.69) is 22.8 Å². The fraction of sp³-hybridized carbons (Fsp3) is 0.500. The normalized spacial score (nSPS) is 24.5. The zero-order valence-electron chi connectivity index (χ0n) is 10.9. The van der Waals surface area contributed by atoms with Crippen molar-refractivity contribution in [2.75, 3.05) is 44.2 Å². The van der Waals surface area contributed by atoms with Crippen molar-refractivity contribution in [2.24, 2.45) is 0 Å². The van der Waals surface area contributed by atoms with E-state index in [0.717, 1.165) is 44.0 Å². The lowest BCUT2D eigenvalue weighted by Gasteiger charge is -2.29. The average Bonchev–Trinajstić information content (AvgIpc) is 2.49. The summed E-state index contributed by atoms with van der Waals surface area (Å²) in [7, 11) is 0. The van der Waals surface area contributed by atoms with Crippen LogP contribution < -0.4 is 15.5 Å². The molecule has 2 N–H and O–H groups in total. The number of anilines is 1. The maximum Gasteiger partial charge on any atom is 0.240 e. The Morgan fingerprint density at radius 3 is 3.00 bits per heavy atom. The number of nitrogens with one attached hydrogen (secondary N) is 2. The minimum absolute atomic E-state index is 0.0896. The number of hydrogen-bond donors (Lipinski definition) is 2. The van der Waals surface area contributed by atoms with Crippen LogP contribution in [0, 0.1) is 0 Å². The van der Waals surface area contributed by atoms with Gasteiger partial charge in [0.05, 0.1) is 19.3 Å². The quantitative estimate of drug-likeness (QED) is 0.803. The fourth-order valence-corrected chi connectivity index (χ4v) is 2.55. The number of ether oxygens (including phenoxy) is 1. The summed E-state index contributed by atoms with van der Waals surface area (Å²) < 4.78 is 5.75. The van der Waals surface area contributed by atoms with E-state index in [4.69, 9.17) is 4.74 Å². The first-order chi connectivity index (χ1) is 9.34. The number of rotatable bonds is 2. The van der Waals surface area contributed by atoms with Gasteiger partial charge in [0, 0.05) is 31.9 Å². The summed E-state index contributed by atoms with van der Waals surface area (Å²) >= 11 is 0. The van der Waals surface area contributed by atoms with Crippen molar-refractivity contribution in [3.05, 3.63) is 29.8 Å². The molecular weight excluding hydrogens is 242 g/mol.